The maximum absolute atomic E-state index is 13.4. The van der Waals surface area contributed by atoms with Gasteiger partial charge in [0, 0.05) is 6.42 Å². The molecule has 426 valence electrons. The Labute approximate surface area is 446 Å². The van der Waals surface area contributed by atoms with Crippen molar-refractivity contribution < 1.29 is 49.3 Å². The molecule has 0 spiro atoms. The molecule has 1 amide bonds. The van der Waals surface area contributed by atoms with E-state index in [1.165, 1.54) is 135 Å². The van der Waals surface area contributed by atoms with Gasteiger partial charge in [0.1, 0.15) is 24.4 Å². The van der Waals surface area contributed by atoms with Crippen molar-refractivity contribution in [3.8, 4) is 0 Å². The number of aliphatic hydroxyl groups is 5. The molecule has 6 N–H and O–H groups in total. The fraction of sp³-hybridized carbons (Fsp3) is 0.839. The normalized spacial score (nSPS) is 19.7. The van der Waals surface area contributed by atoms with E-state index in [0.717, 1.165) is 89.9 Å². The molecule has 1 rings (SSSR count). The predicted molar refractivity (Wildman–Crippen MR) is 301 cm³/mol. The Morgan fingerprint density at radius 3 is 1.48 bits per heavy atom. The zero-order valence-electron chi connectivity index (χ0n) is 47.0. The first-order chi connectivity index (χ1) is 35.7. The number of hydrogen-bond acceptors (Lipinski definition) is 10. The van der Waals surface area contributed by atoms with Crippen LogP contribution >= 0.6 is 0 Å². The van der Waals surface area contributed by atoms with E-state index in [1.54, 1.807) is 6.08 Å². The minimum Gasteiger partial charge on any atom is -0.454 e. The predicted octanol–water partition coefficient (Wildman–Crippen LogP) is 14.1. The Morgan fingerprint density at radius 2 is 0.986 bits per heavy atom. The van der Waals surface area contributed by atoms with Gasteiger partial charge in [0.2, 0.25) is 5.91 Å². The zero-order chi connectivity index (χ0) is 53.3. The molecule has 1 aliphatic heterocycles. The molecule has 1 fully saturated rings. The van der Waals surface area contributed by atoms with E-state index in [0.29, 0.717) is 12.8 Å². The fourth-order valence-electron chi connectivity index (χ4n) is 9.39. The molecule has 0 saturated carbocycles. The summed E-state index contributed by atoms with van der Waals surface area (Å²) in [5.74, 6) is -1.20. The van der Waals surface area contributed by atoms with Crippen molar-refractivity contribution in [2.45, 2.75) is 320 Å². The van der Waals surface area contributed by atoms with Gasteiger partial charge in [0.15, 0.2) is 12.4 Å². The summed E-state index contributed by atoms with van der Waals surface area (Å²) in [6.07, 6.45) is 50.1. The average Bonchev–Trinajstić information content (AvgIpc) is 3.39. The molecule has 1 saturated heterocycles. The van der Waals surface area contributed by atoms with Crippen LogP contribution in [0.5, 0.6) is 0 Å². The molecule has 73 heavy (non-hydrogen) atoms. The first-order valence-electron chi connectivity index (χ1n) is 30.4. The zero-order valence-corrected chi connectivity index (χ0v) is 47.0. The highest BCUT2D eigenvalue weighted by Crippen LogP contribution is 2.26. The number of esters is 1. The second-order valence-electron chi connectivity index (χ2n) is 21.0. The highest BCUT2D eigenvalue weighted by molar-refractivity contribution is 5.80. The van der Waals surface area contributed by atoms with Crippen LogP contribution in [0.25, 0.3) is 0 Å². The molecule has 8 unspecified atom stereocenters. The lowest BCUT2D eigenvalue weighted by atomic mass is 9.99. The minimum atomic E-state index is -1.62. The SMILES string of the molecule is CC/C=C/C/C=C/CCCCCCCCCC(=O)OC1C(OCC(NC(=O)C(O)CCCCCCCCCC/C=C/CCCCCCCC)C(O)/C=C/CCCCCCCCCCCC)OC(CO)C(O)C1O. The van der Waals surface area contributed by atoms with E-state index in [9.17, 15) is 35.1 Å². The maximum Gasteiger partial charge on any atom is 0.306 e. The van der Waals surface area contributed by atoms with E-state index in [-0.39, 0.29) is 19.4 Å². The Bertz CT molecular complexity index is 1370. The standard InChI is InChI=1S/C62H113NO10/c1-4-7-10-13-16-19-22-25-27-28-29-30-31-34-37-40-43-46-49-55(66)61(70)63-53(54(65)48-45-42-39-36-33-24-21-18-15-12-9-6-3)52-71-62-60(59(69)58(68)56(51-64)72-62)73-57(67)50-47-44-41-38-35-32-26-23-20-17-14-11-8-5-2/h8,11,17,20,25,27,45,48,53-56,58-60,62,64-66,68-69H,4-7,9-10,12-16,18-19,21-24,26,28-44,46-47,49-52H2,1-3H3,(H,63,70)/b11-8+,20-17+,27-25+,48-45+. The number of aliphatic hydroxyl groups excluding tert-OH is 5. The van der Waals surface area contributed by atoms with E-state index < -0.39 is 67.4 Å². The smallest absolute Gasteiger partial charge is 0.306 e. The van der Waals surface area contributed by atoms with Gasteiger partial charge >= 0.3 is 5.97 Å². The third-order valence-electron chi connectivity index (χ3n) is 14.2. The summed E-state index contributed by atoms with van der Waals surface area (Å²) in [5, 5.41) is 56.9. The van der Waals surface area contributed by atoms with Crippen molar-refractivity contribution in [3.63, 3.8) is 0 Å². The molecule has 8 atom stereocenters. The molecule has 0 bridgehead atoms. The second-order valence-corrected chi connectivity index (χ2v) is 21.0. The summed E-state index contributed by atoms with van der Waals surface area (Å²) in [6, 6.07) is -1.03. The number of carbonyl (C=O) groups is 2. The van der Waals surface area contributed by atoms with E-state index in [2.05, 4.69) is 62.5 Å². The van der Waals surface area contributed by atoms with Crippen molar-refractivity contribution in [3.05, 3.63) is 48.6 Å². The topological polar surface area (TPSA) is 175 Å². The molecule has 1 aliphatic rings. The Balaban J connectivity index is 2.69. The van der Waals surface area contributed by atoms with Gasteiger partial charge in [0.05, 0.1) is 25.4 Å². The largest absolute Gasteiger partial charge is 0.454 e. The van der Waals surface area contributed by atoms with Crippen molar-refractivity contribution >= 4 is 11.9 Å². The first-order valence-corrected chi connectivity index (χ1v) is 30.4. The van der Waals surface area contributed by atoms with Gasteiger partial charge in [-0.3, -0.25) is 9.59 Å². The number of nitrogens with one attached hydrogen (secondary N) is 1. The van der Waals surface area contributed by atoms with Crippen LogP contribution in [-0.4, -0.2) is 99.6 Å². The summed E-state index contributed by atoms with van der Waals surface area (Å²) in [7, 11) is 0. The van der Waals surface area contributed by atoms with Gasteiger partial charge in [-0.2, -0.15) is 0 Å². The van der Waals surface area contributed by atoms with Gasteiger partial charge in [-0.15, -0.1) is 0 Å². The van der Waals surface area contributed by atoms with Crippen molar-refractivity contribution in [1.29, 1.82) is 0 Å². The molecule has 0 aliphatic carbocycles. The van der Waals surface area contributed by atoms with Crippen molar-refractivity contribution in [1.82, 2.24) is 5.32 Å². The van der Waals surface area contributed by atoms with Gasteiger partial charge < -0.3 is 45.1 Å². The summed E-state index contributed by atoms with van der Waals surface area (Å²) in [5.41, 5.74) is 0. The van der Waals surface area contributed by atoms with Crippen LogP contribution in [0.1, 0.15) is 271 Å². The minimum absolute atomic E-state index is 0.114. The maximum atomic E-state index is 13.4. The summed E-state index contributed by atoms with van der Waals surface area (Å²) in [6.45, 7) is 5.68. The van der Waals surface area contributed by atoms with Gasteiger partial charge in [-0.1, -0.05) is 236 Å². The van der Waals surface area contributed by atoms with E-state index in [1.807, 2.05) is 6.08 Å². The highest BCUT2D eigenvalue weighted by Gasteiger charge is 2.47. The number of unbranched alkanes of at least 4 members (excludes halogenated alkanes) is 31. The molecule has 0 aromatic carbocycles. The number of ether oxygens (including phenoxy) is 3. The van der Waals surface area contributed by atoms with Crippen LogP contribution < -0.4 is 5.32 Å². The van der Waals surface area contributed by atoms with Crippen LogP contribution in [0.15, 0.2) is 48.6 Å². The fourth-order valence-corrected chi connectivity index (χ4v) is 9.39. The van der Waals surface area contributed by atoms with Crippen LogP contribution in [0, 0.1) is 0 Å². The molecular formula is C62H113NO10. The van der Waals surface area contributed by atoms with Crippen LogP contribution in [0.4, 0.5) is 0 Å². The summed E-state index contributed by atoms with van der Waals surface area (Å²) in [4.78, 5) is 26.5. The Kier molecular flexibility index (Phi) is 47.4. The molecule has 11 nitrogen and oxygen atoms in total. The van der Waals surface area contributed by atoms with E-state index in [4.69, 9.17) is 14.2 Å². The molecular weight excluding hydrogens is 919 g/mol. The van der Waals surface area contributed by atoms with Crippen LogP contribution in [0.3, 0.4) is 0 Å². The van der Waals surface area contributed by atoms with Gasteiger partial charge in [-0.05, 0) is 77.0 Å². The number of carbonyl (C=O) groups excluding carboxylic acids is 2. The number of amides is 1. The lowest BCUT2D eigenvalue weighted by molar-refractivity contribution is -0.305. The quantitative estimate of drug-likeness (QED) is 0.0195. The number of allylic oxidation sites excluding steroid dienone is 7. The third kappa shape index (κ3) is 38.8. The number of hydrogen-bond donors (Lipinski definition) is 6. The summed E-state index contributed by atoms with van der Waals surface area (Å²) < 4.78 is 17.6. The lowest BCUT2D eigenvalue weighted by Crippen LogP contribution is -2.61. The van der Waals surface area contributed by atoms with E-state index >= 15 is 0 Å². The molecule has 0 aromatic rings. The average molecular weight is 1030 g/mol. The summed E-state index contributed by atoms with van der Waals surface area (Å²) >= 11 is 0. The van der Waals surface area contributed by atoms with Crippen molar-refractivity contribution in [2.24, 2.45) is 0 Å². The Hall–Kier alpha value is -2.38. The molecule has 1 heterocycles. The first kappa shape index (κ1) is 68.6. The van der Waals surface area contributed by atoms with Gasteiger partial charge in [0.25, 0.3) is 0 Å². The third-order valence-corrected chi connectivity index (χ3v) is 14.2. The van der Waals surface area contributed by atoms with Crippen LogP contribution in [-0.2, 0) is 23.8 Å². The number of rotatable bonds is 51. The molecule has 0 radical (unpaired) electrons. The molecule has 0 aromatic heterocycles. The monoisotopic (exact) mass is 1030 g/mol. The Morgan fingerprint density at radius 1 is 0.548 bits per heavy atom. The molecule has 11 heteroatoms. The van der Waals surface area contributed by atoms with Crippen LogP contribution in [0.2, 0.25) is 0 Å². The van der Waals surface area contributed by atoms with Gasteiger partial charge in [-0.25, -0.2) is 0 Å². The second kappa shape index (κ2) is 50.4. The lowest BCUT2D eigenvalue weighted by Gasteiger charge is -2.41. The highest BCUT2D eigenvalue weighted by atomic mass is 16.7. The van der Waals surface area contributed by atoms with Crippen molar-refractivity contribution in [2.75, 3.05) is 13.2 Å².